The maximum Gasteiger partial charge on any atom is 0.406 e. The van der Waals surface area contributed by atoms with E-state index in [0.717, 1.165) is 41.6 Å². The highest BCUT2D eigenvalue weighted by Gasteiger charge is 2.34. The number of hydrogen-bond donors (Lipinski definition) is 2. The molecule has 2 aliphatic carbocycles. The number of ether oxygens (including phenoxy) is 1. The molecule has 0 aliphatic heterocycles. The van der Waals surface area contributed by atoms with Crippen molar-refractivity contribution in [1.82, 2.24) is 15.2 Å². The third-order valence-electron chi connectivity index (χ3n) is 6.08. The van der Waals surface area contributed by atoms with Crippen molar-refractivity contribution in [3.63, 3.8) is 0 Å². The van der Waals surface area contributed by atoms with Crippen LogP contribution in [0.2, 0.25) is 0 Å². The molecule has 2 N–H and O–H groups in total. The van der Waals surface area contributed by atoms with Gasteiger partial charge in [-0.2, -0.15) is 0 Å². The lowest BCUT2D eigenvalue weighted by Gasteiger charge is -2.42. The molecule has 1 heterocycles. The zero-order chi connectivity index (χ0) is 21.3. The maximum atomic E-state index is 13.3. The van der Waals surface area contributed by atoms with Crippen molar-refractivity contribution in [3.8, 4) is 0 Å². The van der Waals surface area contributed by atoms with Crippen molar-refractivity contribution in [2.45, 2.75) is 81.0 Å². The molecular formula is C21H35ClN4O3S2. The Morgan fingerprint density at radius 3 is 2.52 bits per heavy atom. The van der Waals surface area contributed by atoms with Gasteiger partial charge in [-0.1, -0.05) is 37.5 Å². The van der Waals surface area contributed by atoms with Gasteiger partial charge in [-0.15, -0.1) is 24.2 Å². The summed E-state index contributed by atoms with van der Waals surface area (Å²) in [6, 6.07) is 0.720. The minimum atomic E-state index is -0.423. The highest BCUT2D eigenvalue weighted by molar-refractivity contribution is 8.01. The molecule has 0 bridgehead atoms. The lowest BCUT2D eigenvalue weighted by Crippen LogP contribution is -2.51. The van der Waals surface area contributed by atoms with E-state index in [2.05, 4.69) is 32.2 Å². The Hall–Kier alpha value is -1.19. The van der Waals surface area contributed by atoms with E-state index in [0.29, 0.717) is 23.8 Å². The highest BCUT2D eigenvalue weighted by Crippen LogP contribution is 2.33. The van der Waals surface area contributed by atoms with Crippen LogP contribution in [-0.2, 0) is 4.74 Å². The highest BCUT2D eigenvalue weighted by atomic mass is 35.5. The van der Waals surface area contributed by atoms with Crippen LogP contribution in [0.1, 0.15) is 64.7 Å². The molecule has 0 unspecified atom stereocenters. The van der Waals surface area contributed by atoms with Gasteiger partial charge >= 0.3 is 12.1 Å². The molecule has 1 aromatic heterocycles. The maximum absolute atomic E-state index is 13.3. The average Bonchev–Trinajstić information content (AvgIpc) is 3.20. The first-order valence-corrected chi connectivity index (χ1v) is 12.9. The van der Waals surface area contributed by atoms with E-state index in [1.54, 1.807) is 18.0 Å². The van der Waals surface area contributed by atoms with E-state index >= 15 is 0 Å². The number of amides is 3. The molecule has 0 atom stereocenters. The zero-order valence-corrected chi connectivity index (χ0v) is 20.9. The number of carbonyl (C=O) groups is 2. The summed E-state index contributed by atoms with van der Waals surface area (Å²) in [5, 5.41) is 6.38. The molecule has 0 spiro atoms. The first-order valence-electron chi connectivity index (χ1n) is 11.1. The van der Waals surface area contributed by atoms with E-state index in [1.165, 1.54) is 50.6 Å². The van der Waals surface area contributed by atoms with E-state index < -0.39 is 6.09 Å². The van der Waals surface area contributed by atoms with Gasteiger partial charge in [-0.05, 0) is 44.4 Å². The lowest BCUT2D eigenvalue weighted by atomic mass is 9.84. The number of alkyl carbamates (subject to hydrolysis) is 1. The fourth-order valence-corrected chi connectivity index (χ4v) is 6.22. The van der Waals surface area contributed by atoms with Crippen LogP contribution in [0, 0.1) is 5.92 Å². The molecule has 2 fully saturated rings. The number of nitrogens with one attached hydrogen (secondary N) is 2. The Bertz CT molecular complexity index is 692. The summed E-state index contributed by atoms with van der Waals surface area (Å²) in [4.78, 5) is 30.9. The van der Waals surface area contributed by atoms with Crippen LogP contribution < -0.4 is 10.6 Å². The second kappa shape index (κ2) is 13.4. The molecular weight excluding hydrogens is 456 g/mol. The number of thiazole rings is 1. The number of nitrogens with zero attached hydrogens (tertiary/aromatic N) is 2. The zero-order valence-electron chi connectivity index (χ0n) is 18.4. The topological polar surface area (TPSA) is 83.6 Å². The van der Waals surface area contributed by atoms with Gasteiger partial charge in [-0.25, -0.2) is 14.6 Å². The van der Waals surface area contributed by atoms with Gasteiger partial charge in [0.2, 0.25) is 0 Å². The van der Waals surface area contributed by atoms with Crippen molar-refractivity contribution in [2.75, 3.05) is 24.7 Å². The molecule has 0 aromatic carbocycles. The van der Waals surface area contributed by atoms with Gasteiger partial charge in [-0.3, -0.25) is 5.32 Å². The number of rotatable bonds is 7. The van der Waals surface area contributed by atoms with Gasteiger partial charge in [0.1, 0.15) is 0 Å². The number of urea groups is 1. The minimum absolute atomic E-state index is 0. The molecule has 10 heteroatoms. The smallest absolute Gasteiger partial charge is 0.406 e. The van der Waals surface area contributed by atoms with Crippen molar-refractivity contribution in [3.05, 3.63) is 6.20 Å². The monoisotopic (exact) mass is 490 g/mol. The van der Waals surface area contributed by atoms with Gasteiger partial charge in [0.15, 0.2) is 5.13 Å². The van der Waals surface area contributed by atoms with Crippen LogP contribution in [0.15, 0.2) is 10.4 Å². The van der Waals surface area contributed by atoms with Gasteiger partial charge in [0, 0.05) is 24.4 Å². The summed E-state index contributed by atoms with van der Waals surface area (Å²) >= 11 is 3.09. The predicted octanol–water partition coefficient (Wildman–Crippen LogP) is 5.76. The Labute approximate surface area is 199 Å². The van der Waals surface area contributed by atoms with Crippen molar-refractivity contribution < 1.29 is 14.3 Å². The quantitative estimate of drug-likeness (QED) is 0.375. The Morgan fingerprint density at radius 2 is 1.84 bits per heavy atom. The van der Waals surface area contributed by atoms with E-state index in [9.17, 15) is 9.59 Å². The van der Waals surface area contributed by atoms with Gasteiger partial charge in [0.05, 0.1) is 17.5 Å². The third-order valence-corrected chi connectivity index (χ3v) is 8.19. The fourth-order valence-electron chi connectivity index (χ4n) is 4.43. The van der Waals surface area contributed by atoms with Crippen LogP contribution >= 0.6 is 35.5 Å². The van der Waals surface area contributed by atoms with E-state index in [4.69, 9.17) is 0 Å². The van der Waals surface area contributed by atoms with Crippen molar-refractivity contribution >= 4 is 52.8 Å². The number of carbonyl (C=O) groups excluding carboxylic acids is 2. The third kappa shape index (κ3) is 8.02. The fraction of sp³-hybridized carbons (Fsp3) is 0.762. The molecule has 3 amide bonds. The minimum Gasteiger partial charge on any atom is -0.453 e. The first kappa shape index (κ1) is 26.1. The van der Waals surface area contributed by atoms with E-state index in [1.807, 2.05) is 0 Å². The van der Waals surface area contributed by atoms with Crippen molar-refractivity contribution in [1.29, 1.82) is 0 Å². The molecule has 3 rings (SSSR count). The van der Waals surface area contributed by atoms with Crippen molar-refractivity contribution in [2.24, 2.45) is 5.92 Å². The van der Waals surface area contributed by atoms with Crippen LogP contribution in [0.25, 0.3) is 0 Å². The first-order chi connectivity index (χ1) is 14.6. The summed E-state index contributed by atoms with van der Waals surface area (Å²) in [7, 11) is 1.35. The van der Waals surface area contributed by atoms with Gasteiger partial charge in [0.25, 0.3) is 0 Å². The predicted molar refractivity (Wildman–Crippen MR) is 130 cm³/mol. The number of methoxy groups -OCH3 is 1. The molecule has 176 valence electrons. The number of halogens is 1. The summed E-state index contributed by atoms with van der Waals surface area (Å²) in [6.07, 6.45) is 11.9. The summed E-state index contributed by atoms with van der Waals surface area (Å²) in [5.74, 6) is 1.49. The molecule has 1 aromatic rings. The molecule has 2 saturated carbocycles. The summed E-state index contributed by atoms with van der Waals surface area (Å²) in [5.41, 5.74) is 0. The molecule has 0 radical (unpaired) electrons. The van der Waals surface area contributed by atoms with E-state index in [-0.39, 0.29) is 18.4 Å². The van der Waals surface area contributed by atoms with Crippen LogP contribution in [0.3, 0.4) is 0 Å². The summed E-state index contributed by atoms with van der Waals surface area (Å²) in [6.45, 7) is 2.84. The second-order valence-corrected chi connectivity index (χ2v) is 10.7. The largest absolute Gasteiger partial charge is 0.453 e. The second-order valence-electron chi connectivity index (χ2n) is 8.29. The summed E-state index contributed by atoms with van der Waals surface area (Å²) < 4.78 is 5.58. The average molecular weight is 491 g/mol. The van der Waals surface area contributed by atoms with Crippen LogP contribution in [-0.4, -0.2) is 53.5 Å². The number of anilines is 1. The lowest BCUT2D eigenvalue weighted by molar-refractivity contribution is 0.105. The number of aromatic nitrogens is 1. The number of thioether (sulfide) groups is 1. The van der Waals surface area contributed by atoms with Crippen LogP contribution in [0.4, 0.5) is 14.7 Å². The molecule has 0 saturated heterocycles. The molecule has 7 nitrogen and oxygen atoms in total. The number of hydrogen-bond acceptors (Lipinski definition) is 6. The Kier molecular flexibility index (Phi) is 11.2. The molecule has 2 aliphatic rings. The Balaban J connectivity index is 0.00000341. The SMILES string of the molecule is COC(=O)NCCSc1cnc(NC(=O)N(C2CCCCC2)C2CCC(C)CC2)s1.Cl. The Morgan fingerprint density at radius 1 is 1.16 bits per heavy atom. The van der Waals surface area contributed by atoms with Crippen LogP contribution in [0.5, 0.6) is 0 Å². The standard InChI is InChI=1S/C21H34N4O3S2.ClH/c1-15-8-10-17(11-9-15)25(16-6-4-3-5-7-16)20(26)24-19-23-14-18(30-19)29-13-12-22-21(27)28-2;/h14-17H,3-13H2,1-2H3,(H,22,27)(H,23,24,26);1H. The van der Waals surface area contributed by atoms with Gasteiger partial charge < -0.3 is 15.0 Å². The normalized spacial score (nSPS) is 21.6. The molecule has 31 heavy (non-hydrogen) atoms.